The van der Waals surface area contributed by atoms with E-state index in [-0.39, 0.29) is 10.6 Å². The summed E-state index contributed by atoms with van der Waals surface area (Å²) in [6.45, 7) is 1.40. The van der Waals surface area contributed by atoms with Gasteiger partial charge in [-0.2, -0.15) is 0 Å². The maximum absolute atomic E-state index is 13.4. The van der Waals surface area contributed by atoms with Crippen LogP contribution in [0.15, 0.2) is 24.3 Å². The summed E-state index contributed by atoms with van der Waals surface area (Å²) in [4.78, 5) is 33.7. The molecule has 0 fully saturated rings. The molecule has 0 spiro atoms. The van der Waals surface area contributed by atoms with Crippen molar-refractivity contribution in [3.05, 3.63) is 40.7 Å². The van der Waals surface area contributed by atoms with Crippen LogP contribution in [-0.4, -0.2) is 31.1 Å². The van der Waals surface area contributed by atoms with E-state index in [0.29, 0.717) is 6.54 Å². The zero-order chi connectivity index (χ0) is 16.5. The number of benzene rings is 1. The second-order valence-corrected chi connectivity index (χ2v) is 4.39. The lowest BCUT2D eigenvalue weighted by molar-refractivity contribution is -0.143. The van der Waals surface area contributed by atoms with Gasteiger partial charge in [0.05, 0.1) is 5.02 Å². The van der Waals surface area contributed by atoms with Crippen LogP contribution in [0.5, 0.6) is 0 Å². The fraction of sp³-hybridized carbons (Fsp3) is 0.214. The Morgan fingerprint density at radius 3 is 2.73 bits per heavy atom. The third-order valence-corrected chi connectivity index (χ3v) is 2.65. The molecule has 0 unspecified atom stereocenters. The third kappa shape index (κ3) is 5.92. The summed E-state index contributed by atoms with van der Waals surface area (Å²) in [5, 5.41) is 4.44. The Morgan fingerprint density at radius 1 is 1.36 bits per heavy atom. The maximum atomic E-state index is 13.4. The highest BCUT2D eigenvalue weighted by atomic mass is 35.5. The van der Waals surface area contributed by atoms with Crippen molar-refractivity contribution in [3.63, 3.8) is 0 Å². The van der Waals surface area contributed by atoms with Crippen molar-refractivity contribution in [3.8, 4) is 0 Å². The molecule has 0 atom stereocenters. The van der Waals surface area contributed by atoms with Crippen molar-refractivity contribution >= 4 is 35.6 Å². The van der Waals surface area contributed by atoms with Crippen LogP contribution >= 0.6 is 11.6 Å². The highest BCUT2D eigenvalue weighted by Crippen LogP contribution is 2.20. The van der Waals surface area contributed by atoms with Gasteiger partial charge in [0, 0.05) is 18.2 Å². The normalized spacial score (nSPS) is 10.3. The molecule has 0 saturated carbocycles. The van der Waals surface area contributed by atoms with Crippen LogP contribution in [0, 0.1) is 5.82 Å². The van der Waals surface area contributed by atoms with E-state index in [1.54, 1.807) is 6.92 Å². The predicted octanol–water partition coefficient (Wildman–Crippen LogP) is 1.88. The van der Waals surface area contributed by atoms with E-state index < -0.39 is 30.3 Å². The van der Waals surface area contributed by atoms with Crippen molar-refractivity contribution < 1.29 is 23.5 Å². The molecule has 6 nitrogen and oxygen atoms in total. The Bertz CT molecular complexity index is 584. The monoisotopic (exact) mass is 328 g/mol. The van der Waals surface area contributed by atoms with Gasteiger partial charge < -0.3 is 10.1 Å². The average Bonchev–Trinajstić information content (AvgIpc) is 2.44. The lowest BCUT2D eigenvalue weighted by Gasteiger charge is -2.04. The minimum atomic E-state index is -0.870. The Kier molecular flexibility index (Phi) is 7.04. The minimum Gasteiger partial charge on any atom is -0.452 e. The Hall–Kier alpha value is -2.41. The number of amides is 3. The number of ether oxygens (including phenoxy) is 1. The van der Waals surface area contributed by atoms with Crippen molar-refractivity contribution in [1.29, 1.82) is 0 Å². The molecular weight excluding hydrogens is 315 g/mol. The first-order valence-corrected chi connectivity index (χ1v) is 6.68. The minimum absolute atomic E-state index is 0.0351. The van der Waals surface area contributed by atoms with Gasteiger partial charge in [0.1, 0.15) is 5.82 Å². The van der Waals surface area contributed by atoms with E-state index in [4.69, 9.17) is 11.6 Å². The largest absolute Gasteiger partial charge is 0.452 e. The summed E-state index contributed by atoms with van der Waals surface area (Å²) in [6, 6.07) is 3.41. The number of carbonyl (C=O) groups is 3. The molecule has 0 saturated heterocycles. The lowest BCUT2D eigenvalue weighted by atomic mass is 10.2. The van der Waals surface area contributed by atoms with Gasteiger partial charge in [-0.25, -0.2) is 14.0 Å². The van der Waals surface area contributed by atoms with Crippen LogP contribution in [0.4, 0.5) is 9.18 Å². The summed E-state index contributed by atoms with van der Waals surface area (Å²) in [5.74, 6) is -2.24. The van der Waals surface area contributed by atoms with Crippen LogP contribution in [0.3, 0.4) is 0 Å². The second-order valence-electron chi connectivity index (χ2n) is 3.98. The van der Waals surface area contributed by atoms with Gasteiger partial charge >= 0.3 is 12.0 Å². The SMILES string of the molecule is CCNC(=O)NC(=O)COC(=O)C=Cc1c(F)cccc1Cl. The average molecular weight is 329 g/mol. The highest BCUT2D eigenvalue weighted by molar-refractivity contribution is 6.32. The number of hydrogen-bond donors (Lipinski definition) is 2. The van der Waals surface area contributed by atoms with Crippen LogP contribution in [0.1, 0.15) is 12.5 Å². The Labute approximate surface area is 131 Å². The fourth-order valence-corrected chi connectivity index (χ4v) is 1.60. The molecule has 1 aromatic carbocycles. The molecule has 0 aliphatic rings. The number of imide groups is 1. The molecule has 1 aromatic rings. The molecule has 0 heterocycles. The molecule has 0 radical (unpaired) electrons. The smallest absolute Gasteiger partial charge is 0.331 e. The van der Waals surface area contributed by atoms with Crippen molar-refractivity contribution in [2.24, 2.45) is 0 Å². The molecule has 3 amide bonds. The Morgan fingerprint density at radius 2 is 2.09 bits per heavy atom. The van der Waals surface area contributed by atoms with E-state index in [1.165, 1.54) is 18.2 Å². The molecule has 2 N–H and O–H groups in total. The molecule has 0 aromatic heterocycles. The highest BCUT2D eigenvalue weighted by Gasteiger charge is 2.09. The predicted molar refractivity (Wildman–Crippen MR) is 78.6 cm³/mol. The van der Waals surface area contributed by atoms with Crippen molar-refractivity contribution in [2.75, 3.05) is 13.2 Å². The zero-order valence-electron chi connectivity index (χ0n) is 11.7. The summed E-state index contributed by atoms with van der Waals surface area (Å²) >= 11 is 5.78. The molecule has 118 valence electrons. The van der Waals surface area contributed by atoms with Gasteiger partial charge in [0.15, 0.2) is 6.61 Å². The number of rotatable bonds is 5. The molecule has 0 bridgehead atoms. The van der Waals surface area contributed by atoms with E-state index in [0.717, 1.165) is 12.2 Å². The number of carbonyl (C=O) groups excluding carboxylic acids is 3. The van der Waals surface area contributed by atoms with E-state index in [2.05, 4.69) is 10.1 Å². The van der Waals surface area contributed by atoms with Crippen LogP contribution in [0.2, 0.25) is 5.02 Å². The fourth-order valence-electron chi connectivity index (χ4n) is 1.37. The standard InChI is InChI=1S/C14H14ClFN2O4/c1-2-17-14(21)18-12(19)8-22-13(20)7-6-9-10(15)4-3-5-11(9)16/h3-7H,2,8H2,1H3,(H2,17,18,19,21). The van der Waals surface area contributed by atoms with Gasteiger partial charge in [0.2, 0.25) is 0 Å². The summed E-state index contributed by atoms with van der Waals surface area (Å²) in [5.41, 5.74) is 0.0351. The number of urea groups is 1. The van der Waals surface area contributed by atoms with Gasteiger partial charge in [0.25, 0.3) is 5.91 Å². The molecule has 0 aliphatic carbocycles. The van der Waals surface area contributed by atoms with E-state index >= 15 is 0 Å². The molecule has 22 heavy (non-hydrogen) atoms. The van der Waals surface area contributed by atoms with Gasteiger partial charge in [-0.15, -0.1) is 0 Å². The van der Waals surface area contributed by atoms with Gasteiger partial charge in [-0.05, 0) is 25.1 Å². The van der Waals surface area contributed by atoms with Crippen molar-refractivity contribution in [1.82, 2.24) is 10.6 Å². The summed E-state index contributed by atoms with van der Waals surface area (Å²) in [7, 11) is 0. The second kappa shape index (κ2) is 8.78. The first-order valence-electron chi connectivity index (χ1n) is 6.30. The molecule has 8 heteroatoms. The first-order chi connectivity index (χ1) is 10.4. The van der Waals surface area contributed by atoms with Gasteiger partial charge in [-0.1, -0.05) is 17.7 Å². The first kappa shape index (κ1) is 17.6. The van der Waals surface area contributed by atoms with Crippen LogP contribution in [0.25, 0.3) is 6.08 Å². The van der Waals surface area contributed by atoms with Gasteiger partial charge in [-0.3, -0.25) is 10.1 Å². The van der Waals surface area contributed by atoms with E-state index in [1.807, 2.05) is 5.32 Å². The van der Waals surface area contributed by atoms with Crippen molar-refractivity contribution in [2.45, 2.75) is 6.92 Å². The lowest BCUT2D eigenvalue weighted by Crippen LogP contribution is -2.41. The topological polar surface area (TPSA) is 84.5 Å². The molecular formula is C14H14ClFN2O4. The quantitative estimate of drug-likeness (QED) is 0.638. The number of esters is 1. The Balaban J connectivity index is 2.48. The van der Waals surface area contributed by atoms with Crippen LogP contribution in [-0.2, 0) is 14.3 Å². The van der Waals surface area contributed by atoms with E-state index in [9.17, 15) is 18.8 Å². The number of hydrogen-bond acceptors (Lipinski definition) is 4. The maximum Gasteiger partial charge on any atom is 0.331 e. The van der Waals surface area contributed by atoms with Crippen LogP contribution < -0.4 is 10.6 Å². The number of halogens is 2. The third-order valence-electron chi connectivity index (χ3n) is 2.32. The number of nitrogens with one attached hydrogen (secondary N) is 2. The zero-order valence-corrected chi connectivity index (χ0v) is 12.4. The summed E-state index contributed by atoms with van der Waals surface area (Å²) < 4.78 is 18.0. The molecule has 0 aliphatic heterocycles. The molecule has 1 rings (SSSR count). The summed E-state index contributed by atoms with van der Waals surface area (Å²) in [6.07, 6.45) is 2.07.